The maximum absolute atomic E-state index is 9.44. The van der Waals surface area contributed by atoms with E-state index in [4.69, 9.17) is 0 Å². The topological polar surface area (TPSA) is 17.1 Å². The molecule has 0 aliphatic rings. The number of Topliss-reactive ketones (excluding diaryl/α,β-unsaturated/α-hetero) is 1. The first-order chi connectivity index (χ1) is 7.06. The van der Waals surface area contributed by atoms with Crippen LogP contribution in [0.15, 0.2) is 24.3 Å². The summed E-state index contributed by atoms with van der Waals surface area (Å²) in [5, 5.41) is 0. The molecule has 0 N–H and O–H groups in total. The summed E-state index contributed by atoms with van der Waals surface area (Å²) in [6.45, 7) is 11.3. The van der Waals surface area contributed by atoms with Crippen LogP contribution < -0.4 is 0 Å². The zero-order chi connectivity index (χ0) is 12.3. The number of hydrogen-bond acceptors (Lipinski definition) is 1. The molecule has 0 aliphatic heterocycles. The van der Waals surface area contributed by atoms with Gasteiger partial charge in [-0.15, -0.1) is 0 Å². The monoisotopic (exact) mass is 208 g/mol. The molecule has 15 heavy (non-hydrogen) atoms. The van der Waals surface area contributed by atoms with E-state index in [-0.39, 0.29) is 5.78 Å². The minimum absolute atomic E-state index is 0.167. The number of carbonyl (C=O) groups is 1. The lowest BCUT2D eigenvalue weighted by atomic mass is 10.1. The van der Waals surface area contributed by atoms with Crippen LogP contribution in [0.4, 0.5) is 0 Å². The number of ketones is 1. The van der Waals surface area contributed by atoms with E-state index in [1.54, 1.807) is 0 Å². The zero-order valence-corrected chi connectivity index (χ0v) is 10.9. The third kappa shape index (κ3) is 12.9. The second-order valence-corrected chi connectivity index (χ2v) is 3.25. The van der Waals surface area contributed by atoms with E-state index in [9.17, 15) is 4.79 Å². The van der Waals surface area contributed by atoms with Crippen LogP contribution in [-0.2, 0) is 11.2 Å². The van der Waals surface area contributed by atoms with Crippen molar-refractivity contribution < 1.29 is 4.79 Å². The lowest BCUT2D eigenvalue weighted by molar-refractivity contribution is -0.114. The summed E-state index contributed by atoms with van der Waals surface area (Å²) in [6, 6.07) is 8.66. The fourth-order valence-electron chi connectivity index (χ4n) is 0.824. The summed E-state index contributed by atoms with van der Waals surface area (Å²) in [5.74, 6) is 0.167. The van der Waals surface area contributed by atoms with Crippen LogP contribution in [0.5, 0.6) is 0 Å². The van der Waals surface area contributed by atoms with Gasteiger partial charge in [0.25, 0.3) is 0 Å². The third-order valence-electron chi connectivity index (χ3n) is 1.53. The molecule has 0 saturated carbocycles. The van der Waals surface area contributed by atoms with Crippen molar-refractivity contribution in [2.45, 2.75) is 48.0 Å². The van der Waals surface area contributed by atoms with Gasteiger partial charge >= 0.3 is 0 Å². The summed E-state index contributed by atoms with van der Waals surface area (Å²) in [4.78, 5) is 9.44. The molecule has 0 amide bonds. The second kappa shape index (κ2) is 11.0. The van der Waals surface area contributed by atoms with Crippen molar-refractivity contribution >= 4 is 5.78 Å². The summed E-state index contributed by atoms with van der Waals surface area (Å²) < 4.78 is 0. The van der Waals surface area contributed by atoms with Gasteiger partial charge in [-0.2, -0.15) is 0 Å². The maximum Gasteiger partial charge on any atom is 0.126 e. The third-order valence-corrected chi connectivity index (χ3v) is 1.53. The van der Waals surface area contributed by atoms with E-state index in [0.29, 0.717) is 0 Å². The molecule has 0 unspecified atom stereocenters. The van der Waals surface area contributed by atoms with Gasteiger partial charge in [0.05, 0.1) is 0 Å². The van der Waals surface area contributed by atoms with Crippen molar-refractivity contribution in [2.24, 2.45) is 0 Å². The van der Waals surface area contributed by atoms with Gasteiger partial charge in [-0.3, -0.25) is 0 Å². The highest BCUT2D eigenvalue weighted by molar-refractivity contribution is 5.72. The molecule has 0 spiro atoms. The zero-order valence-electron chi connectivity index (χ0n) is 10.9. The molecular weight excluding hydrogens is 184 g/mol. The quantitative estimate of drug-likeness (QED) is 0.676. The smallest absolute Gasteiger partial charge is 0.126 e. The number of hydrogen-bond donors (Lipinski definition) is 0. The Hall–Kier alpha value is -1.11. The first-order valence-electron chi connectivity index (χ1n) is 5.59. The standard InChI is InChI=1S/C9H12.C3H6O.C2H6/c1-3-9-6-4-8(2)5-7-9;1-3(2)4;1-2/h4-7H,3H2,1-2H3;1-2H3;1-2H3. The highest BCUT2D eigenvalue weighted by Crippen LogP contribution is 2.02. The van der Waals surface area contributed by atoms with E-state index in [2.05, 4.69) is 38.1 Å². The lowest BCUT2D eigenvalue weighted by Crippen LogP contribution is -1.77. The SMILES string of the molecule is CC.CC(C)=O.CCc1ccc(C)cc1. The summed E-state index contributed by atoms with van der Waals surface area (Å²) >= 11 is 0. The Morgan fingerprint density at radius 2 is 1.40 bits per heavy atom. The molecule has 1 aromatic rings. The molecule has 0 atom stereocenters. The fourth-order valence-corrected chi connectivity index (χ4v) is 0.824. The summed E-state index contributed by atoms with van der Waals surface area (Å²) in [5.41, 5.74) is 2.76. The molecule has 1 heteroatoms. The van der Waals surface area contributed by atoms with Crippen LogP contribution in [0.25, 0.3) is 0 Å². The molecule has 0 aromatic heterocycles. The Bertz CT molecular complexity index is 243. The largest absolute Gasteiger partial charge is 0.300 e. The minimum atomic E-state index is 0.167. The van der Waals surface area contributed by atoms with Crippen LogP contribution in [0.2, 0.25) is 0 Å². The molecule has 86 valence electrons. The normalized spacial score (nSPS) is 7.87. The van der Waals surface area contributed by atoms with Crippen molar-refractivity contribution in [2.75, 3.05) is 0 Å². The Kier molecular flexibility index (Phi) is 11.9. The van der Waals surface area contributed by atoms with Crippen LogP contribution in [0.1, 0.15) is 45.7 Å². The Labute approximate surface area is 94.5 Å². The molecule has 0 radical (unpaired) electrons. The van der Waals surface area contributed by atoms with Crippen molar-refractivity contribution in [3.05, 3.63) is 35.4 Å². The van der Waals surface area contributed by atoms with Crippen molar-refractivity contribution in [3.63, 3.8) is 0 Å². The predicted molar refractivity (Wildman–Crippen MR) is 68.3 cm³/mol. The molecular formula is C14H24O. The van der Waals surface area contributed by atoms with E-state index in [1.807, 2.05) is 13.8 Å². The molecule has 1 aromatic carbocycles. The van der Waals surface area contributed by atoms with Crippen molar-refractivity contribution in [3.8, 4) is 0 Å². The Balaban J connectivity index is 0. The van der Waals surface area contributed by atoms with E-state index >= 15 is 0 Å². The molecule has 0 fully saturated rings. The number of carbonyl (C=O) groups excluding carboxylic acids is 1. The van der Waals surface area contributed by atoms with Gasteiger partial charge in [-0.25, -0.2) is 0 Å². The van der Waals surface area contributed by atoms with E-state index < -0.39 is 0 Å². The van der Waals surface area contributed by atoms with Gasteiger partial charge in [0.1, 0.15) is 5.78 Å². The highest BCUT2D eigenvalue weighted by atomic mass is 16.1. The number of rotatable bonds is 1. The molecule has 1 nitrogen and oxygen atoms in total. The average molecular weight is 208 g/mol. The number of aryl methyl sites for hydroxylation is 2. The maximum atomic E-state index is 9.44. The van der Waals surface area contributed by atoms with Crippen LogP contribution in [-0.4, -0.2) is 5.78 Å². The van der Waals surface area contributed by atoms with Gasteiger partial charge in [-0.1, -0.05) is 50.6 Å². The van der Waals surface area contributed by atoms with Gasteiger partial charge in [0, 0.05) is 0 Å². The van der Waals surface area contributed by atoms with E-state index in [0.717, 1.165) is 6.42 Å². The molecule has 0 heterocycles. The van der Waals surface area contributed by atoms with Crippen molar-refractivity contribution in [1.82, 2.24) is 0 Å². The summed E-state index contributed by atoms with van der Waals surface area (Å²) in [7, 11) is 0. The first kappa shape index (κ1) is 16.3. The first-order valence-corrected chi connectivity index (χ1v) is 5.59. The second-order valence-electron chi connectivity index (χ2n) is 3.25. The molecule has 1 rings (SSSR count). The molecule has 0 bridgehead atoms. The van der Waals surface area contributed by atoms with Crippen LogP contribution in [0, 0.1) is 6.92 Å². The van der Waals surface area contributed by atoms with Crippen LogP contribution >= 0.6 is 0 Å². The fraction of sp³-hybridized carbons (Fsp3) is 0.500. The van der Waals surface area contributed by atoms with Gasteiger partial charge in [0.2, 0.25) is 0 Å². The van der Waals surface area contributed by atoms with E-state index in [1.165, 1.54) is 25.0 Å². The molecule has 0 aliphatic carbocycles. The minimum Gasteiger partial charge on any atom is -0.300 e. The number of benzene rings is 1. The Morgan fingerprint density at radius 3 is 1.67 bits per heavy atom. The summed E-state index contributed by atoms with van der Waals surface area (Å²) in [6.07, 6.45) is 1.14. The predicted octanol–water partition coefficient (Wildman–Crippen LogP) is 4.18. The highest BCUT2D eigenvalue weighted by Gasteiger charge is 1.84. The van der Waals surface area contributed by atoms with Gasteiger partial charge < -0.3 is 4.79 Å². The Morgan fingerprint density at radius 1 is 1.07 bits per heavy atom. The van der Waals surface area contributed by atoms with Crippen molar-refractivity contribution in [1.29, 1.82) is 0 Å². The van der Waals surface area contributed by atoms with Crippen LogP contribution in [0.3, 0.4) is 0 Å². The van der Waals surface area contributed by atoms with Gasteiger partial charge in [-0.05, 0) is 32.8 Å². The lowest BCUT2D eigenvalue weighted by Gasteiger charge is -1.94. The van der Waals surface area contributed by atoms with Gasteiger partial charge in [0.15, 0.2) is 0 Å². The average Bonchev–Trinajstić information content (AvgIpc) is 2.21. The molecule has 0 saturated heterocycles.